The average Bonchev–Trinajstić information content (AvgIpc) is 2.33. The summed E-state index contributed by atoms with van der Waals surface area (Å²) in [6, 6.07) is 5.92. The van der Waals surface area contributed by atoms with Gasteiger partial charge in [0.15, 0.2) is 0 Å². The summed E-state index contributed by atoms with van der Waals surface area (Å²) in [7, 11) is 0. The molecule has 0 saturated carbocycles. The molecule has 126 valence electrons. The van der Waals surface area contributed by atoms with Gasteiger partial charge < -0.3 is 15.2 Å². The fourth-order valence-corrected chi connectivity index (χ4v) is 2.67. The highest BCUT2D eigenvalue weighted by Crippen LogP contribution is 2.28. The van der Waals surface area contributed by atoms with Gasteiger partial charge in [0.1, 0.15) is 11.6 Å². The molecule has 0 bridgehead atoms. The molecule has 2 rings (SSSR count). The van der Waals surface area contributed by atoms with Gasteiger partial charge in [-0.2, -0.15) is 0 Å². The fraction of sp³-hybridized carbons (Fsp3) is 0.500. The molecular formula is C16H21ClN2O4. The van der Waals surface area contributed by atoms with E-state index in [2.05, 4.69) is 5.32 Å². The maximum Gasteiger partial charge on any atom is 0.407 e. The molecule has 0 aromatic heterocycles. The lowest BCUT2D eigenvalue weighted by atomic mass is 9.99. The topological polar surface area (TPSA) is 78.9 Å². The molecule has 1 aliphatic rings. The van der Waals surface area contributed by atoms with Gasteiger partial charge in [-0.05, 0) is 38.5 Å². The highest BCUT2D eigenvalue weighted by molar-refractivity contribution is 6.30. The molecule has 0 radical (unpaired) electrons. The second-order valence-electron chi connectivity index (χ2n) is 6.59. The summed E-state index contributed by atoms with van der Waals surface area (Å²) >= 11 is 5.93. The van der Waals surface area contributed by atoms with Crippen LogP contribution in [0, 0.1) is 0 Å². The van der Waals surface area contributed by atoms with Crippen molar-refractivity contribution in [2.75, 3.05) is 13.1 Å². The van der Waals surface area contributed by atoms with E-state index in [1.165, 1.54) is 0 Å². The second-order valence-corrected chi connectivity index (χ2v) is 7.03. The number of amides is 1. The maximum atomic E-state index is 11.7. The van der Waals surface area contributed by atoms with E-state index in [1.807, 2.05) is 0 Å². The Morgan fingerprint density at radius 1 is 1.39 bits per heavy atom. The predicted molar refractivity (Wildman–Crippen MR) is 86.6 cm³/mol. The van der Waals surface area contributed by atoms with Crippen LogP contribution in [0.3, 0.4) is 0 Å². The number of hydrogen-bond donors (Lipinski definition) is 2. The first-order valence-electron chi connectivity index (χ1n) is 7.37. The first-order valence-corrected chi connectivity index (χ1v) is 7.75. The number of benzene rings is 1. The van der Waals surface area contributed by atoms with Gasteiger partial charge in [-0.3, -0.25) is 9.69 Å². The van der Waals surface area contributed by atoms with E-state index < -0.39 is 23.7 Å². The van der Waals surface area contributed by atoms with Gasteiger partial charge in [0.2, 0.25) is 0 Å². The highest BCUT2D eigenvalue weighted by atomic mass is 35.5. The smallest absolute Gasteiger partial charge is 0.407 e. The van der Waals surface area contributed by atoms with E-state index in [0.717, 1.165) is 0 Å². The minimum atomic E-state index is -0.942. The number of carbonyl (C=O) groups excluding carboxylic acids is 1. The van der Waals surface area contributed by atoms with Crippen LogP contribution >= 0.6 is 11.6 Å². The number of ether oxygens (including phenoxy) is 1. The van der Waals surface area contributed by atoms with Crippen molar-refractivity contribution in [3.63, 3.8) is 0 Å². The summed E-state index contributed by atoms with van der Waals surface area (Å²) in [5.74, 6) is -0.942. The minimum absolute atomic E-state index is 0.120. The zero-order valence-corrected chi connectivity index (χ0v) is 14.1. The van der Waals surface area contributed by atoms with Crippen LogP contribution in [-0.2, 0) is 9.53 Å². The molecule has 23 heavy (non-hydrogen) atoms. The largest absolute Gasteiger partial charge is 0.480 e. The summed E-state index contributed by atoms with van der Waals surface area (Å²) in [5.41, 5.74) is 0.0680. The average molecular weight is 341 g/mol. The molecule has 1 amide bonds. The van der Waals surface area contributed by atoms with E-state index in [9.17, 15) is 14.7 Å². The number of carbonyl (C=O) groups is 2. The maximum absolute atomic E-state index is 11.7. The van der Waals surface area contributed by atoms with Crippen molar-refractivity contribution in [2.24, 2.45) is 0 Å². The van der Waals surface area contributed by atoms with E-state index in [0.29, 0.717) is 23.7 Å². The Hall–Kier alpha value is -1.79. The number of carboxylic acids is 1. The molecule has 0 aliphatic carbocycles. The molecule has 1 atom stereocenters. The highest BCUT2D eigenvalue weighted by Gasteiger charge is 2.38. The van der Waals surface area contributed by atoms with Gasteiger partial charge in [-0.1, -0.05) is 23.7 Å². The van der Waals surface area contributed by atoms with Crippen LogP contribution in [0.25, 0.3) is 0 Å². The van der Waals surface area contributed by atoms with Crippen molar-refractivity contribution >= 4 is 23.7 Å². The van der Waals surface area contributed by atoms with E-state index in [4.69, 9.17) is 16.3 Å². The molecule has 1 heterocycles. The van der Waals surface area contributed by atoms with Crippen LogP contribution in [-0.4, -0.2) is 46.8 Å². The number of hydrogen-bond acceptors (Lipinski definition) is 4. The summed E-state index contributed by atoms with van der Waals surface area (Å²) < 4.78 is 5.19. The van der Waals surface area contributed by atoms with Crippen LogP contribution in [0.15, 0.2) is 24.3 Å². The Balaban J connectivity index is 1.93. The van der Waals surface area contributed by atoms with Gasteiger partial charge in [0.25, 0.3) is 0 Å². The number of carboxylic acid groups (broad SMARTS) is 1. The minimum Gasteiger partial charge on any atom is -0.480 e. The Bertz CT molecular complexity index is 594. The second kappa shape index (κ2) is 6.76. The summed E-state index contributed by atoms with van der Waals surface area (Å²) in [6.45, 7) is 6.27. The van der Waals surface area contributed by atoms with Crippen LogP contribution < -0.4 is 5.32 Å². The third kappa shape index (κ3) is 4.84. The molecule has 2 N–H and O–H groups in total. The van der Waals surface area contributed by atoms with E-state index in [-0.39, 0.29) is 6.04 Å². The molecule has 0 unspecified atom stereocenters. The molecule has 1 fully saturated rings. The van der Waals surface area contributed by atoms with Crippen LogP contribution in [0.2, 0.25) is 5.02 Å². The quantitative estimate of drug-likeness (QED) is 0.881. The molecule has 6 nitrogen and oxygen atoms in total. The fourth-order valence-electron chi connectivity index (χ4n) is 2.48. The third-order valence-electron chi connectivity index (χ3n) is 3.39. The first-order chi connectivity index (χ1) is 10.7. The van der Waals surface area contributed by atoms with Gasteiger partial charge in [-0.25, -0.2) is 4.79 Å². The normalized spacial score (nSPS) is 17.2. The summed E-state index contributed by atoms with van der Waals surface area (Å²) in [4.78, 5) is 25.0. The zero-order valence-electron chi connectivity index (χ0n) is 13.4. The van der Waals surface area contributed by atoms with E-state index >= 15 is 0 Å². The summed E-state index contributed by atoms with van der Waals surface area (Å²) in [6.07, 6.45) is -0.489. The van der Waals surface area contributed by atoms with Gasteiger partial charge in [0.05, 0.1) is 6.04 Å². The Labute approximate surface area is 140 Å². The van der Waals surface area contributed by atoms with Crippen LogP contribution in [0.5, 0.6) is 0 Å². The SMILES string of the molecule is CC(C)(C)OC(=O)NC1CN([C@H](C(=O)O)c2cccc(Cl)c2)C1. The van der Waals surface area contributed by atoms with Gasteiger partial charge >= 0.3 is 12.1 Å². The number of likely N-dealkylation sites (tertiary alicyclic amines) is 1. The zero-order chi connectivity index (χ0) is 17.2. The number of aliphatic carboxylic acids is 1. The standard InChI is InChI=1S/C16H21ClN2O4/c1-16(2,3)23-15(22)18-12-8-19(9-12)13(14(20)21)10-5-4-6-11(17)7-10/h4-7,12-13H,8-9H2,1-3H3,(H,18,22)(H,20,21)/t13-/m0/s1. The van der Waals surface area contributed by atoms with Crippen molar-refractivity contribution in [2.45, 2.75) is 38.5 Å². The Morgan fingerprint density at radius 2 is 2.04 bits per heavy atom. The molecule has 1 aliphatic heterocycles. The van der Waals surface area contributed by atoms with Crippen molar-refractivity contribution < 1.29 is 19.4 Å². The third-order valence-corrected chi connectivity index (χ3v) is 3.63. The molecule has 1 aromatic carbocycles. The Morgan fingerprint density at radius 3 is 2.57 bits per heavy atom. The number of alkyl carbamates (subject to hydrolysis) is 1. The molecule has 0 spiro atoms. The lowest BCUT2D eigenvalue weighted by molar-refractivity contribution is -0.145. The van der Waals surface area contributed by atoms with Crippen LogP contribution in [0.4, 0.5) is 4.79 Å². The van der Waals surface area contributed by atoms with E-state index in [1.54, 1.807) is 49.9 Å². The monoisotopic (exact) mass is 340 g/mol. The van der Waals surface area contributed by atoms with Crippen LogP contribution in [0.1, 0.15) is 32.4 Å². The number of nitrogens with one attached hydrogen (secondary N) is 1. The van der Waals surface area contributed by atoms with Gasteiger partial charge in [0, 0.05) is 18.1 Å². The first kappa shape index (κ1) is 17.6. The molecule has 1 saturated heterocycles. The van der Waals surface area contributed by atoms with Crippen molar-refractivity contribution in [3.05, 3.63) is 34.9 Å². The van der Waals surface area contributed by atoms with Crippen molar-refractivity contribution in [3.8, 4) is 0 Å². The lowest BCUT2D eigenvalue weighted by Gasteiger charge is -2.43. The Kier molecular flexibility index (Phi) is 5.16. The predicted octanol–water partition coefficient (Wildman–Crippen LogP) is 2.67. The van der Waals surface area contributed by atoms with Gasteiger partial charge in [-0.15, -0.1) is 0 Å². The number of nitrogens with zero attached hydrogens (tertiary/aromatic N) is 1. The molecule has 1 aromatic rings. The molecule has 7 heteroatoms. The van der Waals surface area contributed by atoms with Crippen molar-refractivity contribution in [1.82, 2.24) is 10.2 Å². The molecular weight excluding hydrogens is 320 g/mol. The number of rotatable bonds is 4. The summed E-state index contributed by atoms with van der Waals surface area (Å²) in [5, 5.41) is 12.7. The number of halogens is 1. The van der Waals surface area contributed by atoms with Crippen molar-refractivity contribution in [1.29, 1.82) is 0 Å². The lowest BCUT2D eigenvalue weighted by Crippen LogP contribution is -2.61.